The monoisotopic (exact) mass is 386 g/mol. The Morgan fingerprint density at radius 2 is 1.81 bits per heavy atom. The van der Waals surface area contributed by atoms with Gasteiger partial charge >= 0.3 is 0 Å². The second-order valence-corrected chi connectivity index (χ2v) is 6.86. The van der Waals surface area contributed by atoms with E-state index in [0.29, 0.717) is 33.3 Å². The summed E-state index contributed by atoms with van der Waals surface area (Å²) in [7, 11) is 3.80. The number of nitrogens with one attached hydrogen (secondary N) is 1. The van der Waals surface area contributed by atoms with Crippen molar-refractivity contribution in [1.82, 2.24) is 9.78 Å². The Kier molecular flexibility index (Phi) is 5.19. The molecule has 0 saturated carbocycles. The summed E-state index contributed by atoms with van der Waals surface area (Å²) in [6.45, 7) is 3.57. The van der Waals surface area contributed by atoms with Gasteiger partial charge in [-0.3, -0.25) is 4.79 Å². The van der Waals surface area contributed by atoms with Crippen LogP contribution in [0, 0.1) is 19.7 Å². The average molecular weight is 387 g/mol. The van der Waals surface area contributed by atoms with E-state index in [0.717, 1.165) is 5.69 Å². The number of aryl methyl sites for hydroxylation is 1. The minimum atomic E-state index is -0.323. The number of halogens is 2. The molecular formula is C20H20ClFN4O. The van der Waals surface area contributed by atoms with Crippen molar-refractivity contribution in [1.29, 1.82) is 0 Å². The summed E-state index contributed by atoms with van der Waals surface area (Å²) >= 11 is 6.27. The van der Waals surface area contributed by atoms with Gasteiger partial charge in [0.15, 0.2) is 0 Å². The number of nitrogens with zero attached hydrogens (tertiary/aromatic N) is 3. The van der Waals surface area contributed by atoms with Crippen LogP contribution in [0.25, 0.3) is 5.69 Å². The Balaban J connectivity index is 1.89. The molecule has 0 unspecified atom stereocenters. The van der Waals surface area contributed by atoms with Crippen molar-refractivity contribution in [3.63, 3.8) is 0 Å². The number of aromatic nitrogens is 2. The summed E-state index contributed by atoms with van der Waals surface area (Å²) in [6.07, 6.45) is 0. The van der Waals surface area contributed by atoms with E-state index in [9.17, 15) is 9.18 Å². The van der Waals surface area contributed by atoms with Gasteiger partial charge in [0.2, 0.25) is 0 Å². The Labute approximate surface area is 162 Å². The molecule has 0 saturated heterocycles. The number of carbonyl (C=O) groups is 1. The first-order valence-electron chi connectivity index (χ1n) is 8.38. The second kappa shape index (κ2) is 7.40. The first-order chi connectivity index (χ1) is 12.8. The molecule has 1 amide bonds. The number of hydrogen-bond acceptors (Lipinski definition) is 3. The molecule has 3 aromatic rings. The van der Waals surface area contributed by atoms with Crippen LogP contribution < -0.4 is 10.2 Å². The second-order valence-electron chi connectivity index (χ2n) is 6.45. The van der Waals surface area contributed by atoms with Crippen LogP contribution in [0.15, 0.2) is 42.5 Å². The van der Waals surface area contributed by atoms with Gasteiger partial charge in [0.25, 0.3) is 5.91 Å². The third-order valence-corrected chi connectivity index (χ3v) is 4.58. The standard InChI is InChI=1S/C20H20ClFN4O/c1-12-19(13(2)26(24-12)16-8-5-14(22)6-9-16)20(27)23-15-7-10-18(25(3)4)17(21)11-15/h5-11H,1-4H3,(H,23,27). The fourth-order valence-electron chi connectivity index (χ4n) is 2.95. The van der Waals surface area contributed by atoms with Crippen LogP contribution in [0.3, 0.4) is 0 Å². The zero-order chi connectivity index (χ0) is 19.7. The minimum Gasteiger partial charge on any atom is -0.376 e. The smallest absolute Gasteiger partial charge is 0.259 e. The van der Waals surface area contributed by atoms with E-state index in [-0.39, 0.29) is 11.7 Å². The number of carbonyl (C=O) groups excluding carboxylic acids is 1. The van der Waals surface area contributed by atoms with Crippen molar-refractivity contribution in [2.24, 2.45) is 0 Å². The van der Waals surface area contributed by atoms with E-state index >= 15 is 0 Å². The lowest BCUT2D eigenvalue weighted by Gasteiger charge is -2.15. The minimum absolute atomic E-state index is 0.271. The number of amides is 1. The molecule has 0 aliphatic rings. The normalized spacial score (nSPS) is 10.7. The maximum Gasteiger partial charge on any atom is 0.259 e. The van der Waals surface area contributed by atoms with Crippen molar-refractivity contribution >= 4 is 28.9 Å². The van der Waals surface area contributed by atoms with Crippen LogP contribution in [0.5, 0.6) is 0 Å². The molecule has 140 valence electrons. The van der Waals surface area contributed by atoms with Crippen LogP contribution in [0.4, 0.5) is 15.8 Å². The van der Waals surface area contributed by atoms with Crippen molar-refractivity contribution in [2.75, 3.05) is 24.3 Å². The maximum atomic E-state index is 13.2. The summed E-state index contributed by atoms with van der Waals surface area (Å²) < 4.78 is 14.8. The van der Waals surface area contributed by atoms with Crippen molar-refractivity contribution < 1.29 is 9.18 Å². The van der Waals surface area contributed by atoms with E-state index in [4.69, 9.17) is 11.6 Å². The summed E-state index contributed by atoms with van der Waals surface area (Å²) in [5.74, 6) is -0.594. The topological polar surface area (TPSA) is 50.2 Å². The lowest BCUT2D eigenvalue weighted by molar-refractivity contribution is 0.102. The highest BCUT2D eigenvalue weighted by molar-refractivity contribution is 6.33. The fourth-order valence-corrected chi connectivity index (χ4v) is 3.30. The molecule has 0 radical (unpaired) electrons. The first-order valence-corrected chi connectivity index (χ1v) is 8.76. The number of hydrogen-bond donors (Lipinski definition) is 1. The van der Waals surface area contributed by atoms with Gasteiger partial charge in [-0.25, -0.2) is 9.07 Å². The van der Waals surface area contributed by atoms with Crippen LogP contribution in [0.2, 0.25) is 5.02 Å². The molecule has 7 heteroatoms. The third kappa shape index (κ3) is 3.80. The largest absolute Gasteiger partial charge is 0.376 e. The van der Waals surface area contributed by atoms with Crippen LogP contribution in [-0.4, -0.2) is 29.8 Å². The molecule has 1 aromatic heterocycles. The molecule has 2 aromatic carbocycles. The zero-order valence-corrected chi connectivity index (χ0v) is 16.3. The SMILES string of the molecule is Cc1nn(-c2ccc(F)cc2)c(C)c1C(=O)Nc1ccc(N(C)C)c(Cl)c1. The van der Waals surface area contributed by atoms with Crippen molar-refractivity contribution in [3.8, 4) is 5.69 Å². The van der Waals surface area contributed by atoms with Crippen LogP contribution in [-0.2, 0) is 0 Å². The van der Waals surface area contributed by atoms with Gasteiger partial charge in [-0.1, -0.05) is 11.6 Å². The molecule has 1 heterocycles. The molecule has 27 heavy (non-hydrogen) atoms. The Bertz CT molecular complexity index is 996. The highest BCUT2D eigenvalue weighted by Gasteiger charge is 2.20. The predicted octanol–water partition coefficient (Wildman–Crippen LogP) is 4.60. The lowest BCUT2D eigenvalue weighted by atomic mass is 10.1. The number of benzene rings is 2. The van der Waals surface area contributed by atoms with Gasteiger partial charge < -0.3 is 10.2 Å². The van der Waals surface area contributed by atoms with Crippen molar-refractivity contribution in [3.05, 3.63) is 70.3 Å². The molecule has 0 spiro atoms. The van der Waals surface area contributed by atoms with E-state index in [2.05, 4.69) is 10.4 Å². The van der Waals surface area contributed by atoms with Gasteiger partial charge in [0.05, 0.1) is 33.3 Å². The zero-order valence-electron chi connectivity index (χ0n) is 15.5. The maximum absolute atomic E-state index is 13.2. The fraction of sp³-hybridized carbons (Fsp3) is 0.200. The molecule has 0 aliphatic heterocycles. The Morgan fingerprint density at radius 1 is 1.15 bits per heavy atom. The molecular weight excluding hydrogens is 367 g/mol. The average Bonchev–Trinajstić information content (AvgIpc) is 2.90. The van der Waals surface area contributed by atoms with Crippen molar-refractivity contribution in [2.45, 2.75) is 13.8 Å². The van der Waals surface area contributed by atoms with Crippen LogP contribution in [0.1, 0.15) is 21.7 Å². The Morgan fingerprint density at radius 3 is 2.41 bits per heavy atom. The molecule has 1 N–H and O–H groups in total. The van der Waals surface area contributed by atoms with Gasteiger partial charge in [-0.15, -0.1) is 0 Å². The number of rotatable bonds is 4. The molecule has 3 rings (SSSR count). The highest BCUT2D eigenvalue weighted by atomic mass is 35.5. The Hall–Kier alpha value is -2.86. The predicted molar refractivity (Wildman–Crippen MR) is 107 cm³/mol. The molecule has 0 aliphatic carbocycles. The highest BCUT2D eigenvalue weighted by Crippen LogP contribution is 2.28. The van der Waals surface area contributed by atoms with E-state index < -0.39 is 0 Å². The van der Waals surface area contributed by atoms with Gasteiger partial charge in [0, 0.05) is 19.8 Å². The quantitative estimate of drug-likeness (QED) is 0.712. The third-order valence-electron chi connectivity index (χ3n) is 4.28. The van der Waals surface area contributed by atoms with E-state index in [1.54, 1.807) is 42.8 Å². The molecule has 0 bridgehead atoms. The summed E-state index contributed by atoms with van der Waals surface area (Å²) in [5.41, 5.74) is 3.90. The van der Waals surface area contributed by atoms with Gasteiger partial charge in [0.1, 0.15) is 5.82 Å². The van der Waals surface area contributed by atoms with Gasteiger partial charge in [-0.05, 0) is 56.3 Å². The lowest BCUT2D eigenvalue weighted by Crippen LogP contribution is -2.15. The van der Waals surface area contributed by atoms with Gasteiger partial charge in [-0.2, -0.15) is 5.10 Å². The molecule has 5 nitrogen and oxygen atoms in total. The molecule has 0 fully saturated rings. The summed E-state index contributed by atoms with van der Waals surface area (Å²) in [5, 5.41) is 7.84. The van der Waals surface area contributed by atoms with Crippen LogP contribution >= 0.6 is 11.6 Å². The molecule has 0 atom stereocenters. The first kappa shape index (κ1) is 18.9. The summed E-state index contributed by atoms with van der Waals surface area (Å²) in [6, 6.07) is 11.3. The summed E-state index contributed by atoms with van der Waals surface area (Å²) in [4.78, 5) is 14.7. The number of anilines is 2. The van der Waals surface area contributed by atoms with E-state index in [1.165, 1.54) is 12.1 Å². The van der Waals surface area contributed by atoms with E-state index in [1.807, 2.05) is 25.1 Å².